The summed E-state index contributed by atoms with van der Waals surface area (Å²) >= 11 is 1.76. The van der Waals surface area contributed by atoms with Gasteiger partial charge in [0.25, 0.3) is 0 Å². The molecule has 0 bridgehead atoms. The molecule has 148 valence electrons. The van der Waals surface area contributed by atoms with Crippen molar-refractivity contribution in [1.29, 1.82) is 15.8 Å². The molecule has 0 fully saturated rings. The highest BCUT2D eigenvalue weighted by molar-refractivity contribution is 7.25. The highest BCUT2D eigenvalue weighted by Crippen LogP contribution is 2.40. The second-order valence-electron chi connectivity index (χ2n) is 7.23. The molecule has 0 unspecified atom stereocenters. The third-order valence-electron chi connectivity index (χ3n) is 5.38. The van der Waals surface area contributed by atoms with Gasteiger partial charge in [0.2, 0.25) is 0 Å². The van der Waals surface area contributed by atoms with E-state index in [-0.39, 0.29) is 0 Å². The maximum absolute atomic E-state index is 9.54. The normalized spacial score (nSPS) is 10.4. The Bertz CT molecular complexity index is 1610. The molecule has 0 aliphatic carbocycles. The minimum atomic E-state index is 0.325. The Morgan fingerprint density at radius 3 is 1.97 bits per heavy atom. The molecular weight excluding hydrogens is 412 g/mol. The minimum Gasteiger partial charge on any atom is -0.310 e. The summed E-state index contributed by atoms with van der Waals surface area (Å²) in [6.45, 7) is 0. The van der Waals surface area contributed by atoms with E-state index in [0.29, 0.717) is 16.7 Å². The molecule has 0 radical (unpaired) electrons. The maximum Gasteiger partial charge on any atom is 0.101 e. The zero-order valence-electron chi connectivity index (χ0n) is 16.8. The molecule has 0 spiro atoms. The number of anilines is 3. The van der Waals surface area contributed by atoms with Crippen LogP contribution in [0.2, 0.25) is 0 Å². The molecule has 0 atom stereocenters. The fourth-order valence-electron chi connectivity index (χ4n) is 3.85. The standard InChI is InChI=1S/C27H14N4S/c28-15-18-5-8-21(9-6-18)31(22-10-7-19(16-29)20(13-22)17-30)23-11-12-27-25(14-23)24-3-1-2-4-26(24)32-27/h1-14H. The largest absolute Gasteiger partial charge is 0.310 e. The van der Waals surface area contributed by atoms with E-state index in [1.807, 2.05) is 35.2 Å². The fourth-order valence-corrected chi connectivity index (χ4v) is 4.93. The summed E-state index contributed by atoms with van der Waals surface area (Å²) in [5.74, 6) is 0. The van der Waals surface area contributed by atoms with Gasteiger partial charge in [-0.3, -0.25) is 0 Å². The number of hydrogen-bond donors (Lipinski definition) is 0. The fraction of sp³-hybridized carbons (Fsp3) is 0. The summed E-state index contributed by atoms with van der Waals surface area (Å²) in [5.41, 5.74) is 3.80. The van der Waals surface area contributed by atoms with Crippen LogP contribution in [0.15, 0.2) is 84.9 Å². The van der Waals surface area contributed by atoms with E-state index >= 15 is 0 Å². The first kappa shape index (κ1) is 19.3. The number of hydrogen-bond acceptors (Lipinski definition) is 5. The third kappa shape index (κ3) is 3.22. The smallest absolute Gasteiger partial charge is 0.101 e. The van der Waals surface area contributed by atoms with Gasteiger partial charge in [-0.2, -0.15) is 15.8 Å². The zero-order chi connectivity index (χ0) is 22.1. The number of fused-ring (bicyclic) bond motifs is 3. The van der Waals surface area contributed by atoms with E-state index in [0.717, 1.165) is 22.4 Å². The van der Waals surface area contributed by atoms with Crippen LogP contribution in [0.1, 0.15) is 16.7 Å². The molecule has 0 aliphatic heterocycles. The molecule has 5 heteroatoms. The molecule has 0 saturated carbocycles. The van der Waals surface area contributed by atoms with Gasteiger partial charge >= 0.3 is 0 Å². The topological polar surface area (TPSA) is 74.6 Å². The lowest BCUT2D eigenvalue weighted by Crippen LogP contribution is -2.10. The maximum atomic E-state index is 9.54. The van der Waals surface area contributed by atoms with Gasteiger partial charge in [0.05, 0.1) is 22.8 Å². The number of benzene rings is 4. The first-order valence-corrected chi connectivity index (χ1v) is 10.7. The Labute approximate surface area is 189 Å². The quantitative estimate of drug-likeness (QED) is 0.307. The zero-order valence-corrected chi connectivity index (χ0v) is 17.6. The van der Waals surface area contributed by atoms with Crippen molar-refractivity contribution in [3.05, 3.63) is 102 Å². The van der Waals surface area contributed by atoms with Crippen LogP contribution in [0.25, 0.3) is 20.2 Å². The van der Waals surface area contributed by atoms with E-state index < -0.39 is 0 Å². The van der Waals surface area contributed by atoms with Crippen molar-refractivity contribution >= 4 is 48.6 Å². The Morgan fingerprint density at radius 1 is 0.562 bits per heavy atom. The molecular formula is C27H14N4S. The van der Waals surface area contributed by atoms with Crippen LogP contribution in [0, 0.1) is 34.0 Å². The minimum absolute atomic E-state index is 0.325. The Kier molecular flexibility index (Phi) is 4.77. The summed E-state index contributed by atoms with van der Waals surface area (Å²) in [6.07, 6.45) is 0. The van der Waals surface area contributed by atoms with E-state index in [4.69, 9.17) is 0 Å². The lowest BCUT2D eigenvalue weighted by molar-refractivity contribution is 1.28. The van der Waals surface area contributed by atoms with Crippen LogP contribution < -0.4 is 4.90 Å². The SMILES string of the molecule is N#Cc1ccc(N(c2ccc(C#N)c(C#N)c2)c2ccc3sc4ccccc4c3c2)cc1. The average molecular weight is 427 g/mol. The van der Waals surface area contributed by atoms with Crippen LogP contribution in [-0.4, -0.2) is 0 Å². The van der Waals surface area contributed by atoms with Crippen molar-refractivity contribution in [2.45, 2.75) is 0 Å². The highest BCUT2D eigenvalue weighted by Gasteiger charge is 2.16. The second-order valence-corrected chi connectivity index (χ2v) is 8.31. The Balaban J connectivity index is 1.74. The molecule has 1 heterocycles. The van der Waals surface area contributed by atoms with Gasteiger partial charge in [-0.1, -0.05) is 18.2 Å². The second kappa shape index (κ2) is 7.89. The van der Waals surface area contributed by atoms with E-state index in [1.165, 1.54) is 14.8 Å². The first-order valence-electron chi connectivity index (χ1n) is 9.87. The summed E-state index contributed by atoms with van der Waals surface area (Å²) in [4.78, 5) is 2.04. The summed E-state index contributed by atoms with van der Waals surface area (Å²) in [7, 11) is 0. The van der Waals surface area contributed by atoms with Gasteiger partial charge in [0.1, 0.15) is 12.1 Å². The number of thiophene rings is 1. The van der Waals surface area contributed by atoms with Crippen LogP contribution in [-0.2, 0) is 0 Å². The van der Waals surface area contributed by atoms with E-state index in [1.54, 1.807) is 35.6 Å². The third-order valence-corrected chi connectivity index (χ3v) is 6.53. The number of nitrogens with zero attached hydrogens (tertiary/aromatic N) is 4. The van der Waals surface area contributed by atoms with Gasteiger partial charge in [0, 0.05) is 37.2 Å². The van der Waals surface area contributed by atoms with E-state index in [2.05, 4.69) is 48.5 Å². The van der Waals surface area contributed by atoms with Gasteiger partial charge in [0.15, 0.2) is 0 Å². The van der Waals surface area contributed by atoms with Gasteiger partial charge < -0.3 is 4.90 Å². The molecule has 4 nitrogen and oxygen atoms in total. The predicted molar refractivity (Wildman–Crippen MR) is 128 cm³/mol. The lowest BCUT2D eigenvalue weighted by atomic mass is 10.1. The van der Waals surface area contributed by atoms with Crippen molar-refractivity contribution in [2.75, 3.05) is 4.90 Å². The van der Waals surface area contributed by atoms with Crippen molar-refractivity contribution < 1.29 is 0 Å². The summed E-state index contributed by atoms with van der Waals surface area (Å²) in [6, 6.07) is 33.6. The molecule has 32 heavy (non-hydrogen) atoms. The van der Waals surface area contributed by atoms with Gasteiger partial charge in [-0.15, -0.1) is 11.3 Å². The monoisotopic (exact) mass is 426 g/mol. The average Bonchev–Trinajstić information content (AvgIpc) is 3.22. The van der Waals surface area contributed by atoms with Crippen LogP contribution in [0.4, 0.5) is 17.1 Å². The molecule has 0 aliphatic rings. The van der Waals surface area contributed by atoms with Crippen LogP contribution in [0.5, 0.6) is 0 Å². The number of rotatable bonds is 3. The Hall–Kier alpha value is -4.63. The molecule has 0 N–H and O–H groups in total. The first-order chi connectivity index (χ1) is 15.7. The van der Waals surface area contributed by atoms with Gasteiger partial charge in [-0.25, -0.2) is 0 Å². The molecule has 4 aromatic carbocycles. The van der Waals surface area contributed by atoms with Crippen molar-refractivity contribution in [3.63, 3.8) is 0 Å². The predicted octanol–water partition coefficient (Wildman–Crippen LogP) is 7.14. The summed E-state index contributed by atoms with van der Waals surface area (Å²) < 4.78 is 2.43. The van der Waals surface area contributed by atoms with Crippen molar-refractivity contribution in [1.82, 2.24) is 0 Å². The Morgan fingerprint density at radius 2 is 1.22 bits per heavy atom. The molecule has 1 aromatic heterocycles. The number of nitriles is 3. The summed E-state index contributed by atoms with van der Waals surface area (Å²) in [5, 5.41) is 30.4. The lowest BCUT2D eigenvalue weighted by Gasteiger charge is -2.26. The molecule has 5 aromatic rings. The van der Waals surface area contributed by atoms with Gasteiger partial charge in [-0.05, 0) is 66.7 Å². The highest BCUT2D eigenvalue weighted by atomic mass is 32.1. The van der Waals surface area contributed by atoms with Crippen LogP contribution >= 0.6 is 11.3 Å². The molecule has 0 amide bonds. The van der Waals surface area contributed by atoms with Crippen molar-refractivity contribution in [3.8, 4) is 18.2 Å². The van der Waals surface area contributed by atoms with E-state index in [9.17, 15) is 15.8 Å². The van der Waals surface area contributed by atoms with Crippen LogP contribution in [0.3, 0.4) is 0 Å². The molecule has 5 rings (SSSR count). The molecule has 0 saturated heterocycles. The van der Waals surface area contributed by atoms with Crippen molar-refractivity contribution in [2.24, 2.45) is 0 Å².